The van der Waals surface area contributed by atoms with Crippen molar-refractivity contribution in [3.05, 3.63) is 28.3 Å². The van der Waals surface area contributed by atoms with Crippen LogP contribution in [0.1, 0.15) is 18.4 Å². The van der Waals surface area contributed by atoms with Gasteiger partial charge in [0.05, 0.1) is 5.02 Å². The molecule has 2 rings (SSSR count). The molecule has 2 N–H and O–H groups in total. The van der Waals surface area contributed by atoms with Gasteiger partial charge in [-0.2, -0.15) is 0 Å². The van der Waals surface area contributed by atoms with Crippen molar-refractivity contribution in [2.75, 3.05) is 13.1 Å². The number of halogens is 3. The van der Waals surface area contributed by atoms with Crippen molar-refractivity contribution >= 4 is 11.6 Å². The second-order valence-electron chi connectivity index (χ2n) is 4.40. The van der Waals surface area contributed by atoms with Gasteiger partial charge in [0, 0.05) is 5.56 Å². The molecule has 0 aromatic heterocycles. The summed E-state index contributed by atoms with van der Waals surface area (Å²) in [7, 11) is 0. The molecule has 5 heteroatoms. The number of rotatable bonds is 2. The van der Waals surface area contributed by atoms with Crippen LogP contribution in [0.4, 0.5) is 8.78 Å². The number of aromatic hydroxyl groups is 1. The Kier molecular flexibility index (Phi) is 3.84. The predicted octanol–water partition coefficient (Wildman–Crippen LogP) is 2.87. The first-order chi connectivity index (χ1) is 8.09. The van der Waals surface area contributed by atoms with Gasteiger partial charge in [0.2, 0.25) is 0 Å². The van der Waals surface area contributed by atoms with Gasteiger partial charge >= 0.3 is 0 Å². The average Bonchev–Trinajstić information content (AvgIpc) is 2.33. The highest BCUT2D eigenvalue weighted by atomic mass is 35.5. The largest absolute Gasteiger partial charge is 0.505 e. The van der Waals surface area contributed by atoms with Crippen LogP contribution in [0.3, 0.4) is 0 Å². The maximum Gasteiger partial charge on any atom is 0.166 e. The first kappa shape index (κ1) is 12.6. The van der Waals surface area contributed by atoms with Crippen LogP contribution < -0.4 is 5.32 Å². The van der Waals surface area contributed by atoms with Crippen LogP contribution in [0.25, 0.3) is 0 Å². The lowest BCUT2D eigenvalue weighted by Crippen LogP contribution is -2.31. The molecule has 2 nitrogen and oxygen atoms in total. The minimum absolute atomic E-state index is 0.0105. The van der Waals surface area contributed by atoms with Gasteiger partial charge in [-0.25, -0.2) is 8.78 Å². The lowest BCUT2D eigenvalue weighted by Gasteiger charge is -2.23. The molecule has 94 valence electrons. The molecule has 0 amide bonds. The molecule has 0 saturated carbocycles. The Morgan fingerprint density at radius 1 is 1.47 bits per heavy atom. The average molecular weight is 262 g/mol. The van der Waals surface area contributed by atoms with E-state index >= 15 is 0 Å². The molecule has 1 aliphatic heterocycles. The molecule has 1 aliphatic rings. The van der Waals surface area contributed by atoms with Gasteiger partial charge in [-0.15, -0.1) is 0 Å². The minimum atomic E-state index is -0.866. The zero-order chi connectivity index (χ0) is 12.4. The van der Waals surface area contributed by atoms with Crippen molar-refractivity contribution in [2.45, 2.75) is 19.3 Å². The third-order valence-electron chi connectivity index (χ3n) is 3.13. The topological polar surface area (TPSA) is 32.3 Å². The van der Waals surface area contributed by atoms with Crippen LogP contribution in [-0.4, -0.2) is 18.2 Å². The molecule has 1 aromatic rings. The molecule has 0 aliphatic carbocycles. The molecular weight excluding hydrogens is 248 g/mol. The zero-order valence-electron chi connectivity index (χ0n) is 9.27. The minimum Gasteiger partial charge on any atom is -0.505 e. The van der Waals surface area contributed by atoms with Crippen molar-refractivity contribution in [3.63, 3.8) is 0 Å². The lowest BCUT2D eigenvalue weighted by molar-refractivity contribution is 0.358. The number of nitrogens with one attached hydrogen (secondary N) is 1. The van der Waals surface area contributed by atoms with E-state index in [1.807, 2.05) is 0 Å². The fourth-order valence-corrected chi connectivity index (χ4v) is 2.42. The van der Waals surface area contributed by atoms with Crippen molar-refractivity contribution in [1.82, 2.24) is 5.32 Å². The monoisotopic (exact) mass is 261 g/mol. The fourth-order valence-electron chi connectivity index (χ4n) is 2.21. The smallest absolute Gasteiger partial charge is 0.166 e. The van der Waals surface area contributed by atoms with Crippen molar-refractivity contribution in [3.8, 4) is 5.75 Å². The van der Waals surface area contributed by atoms with E-state index in [2.05, 4.69) is 5.32 Å². The van der Waals surface area contributed by atoms with Crippen molar-refractivity contribution in [1.29, 1.82) is 0 Å². The van der Waals surface area contributed by atoms with Gasteiger partial charge < -0.3 is 10.4 Å². The first-order valence-corrected chi connectivity index (χ1v) is 6.03. The summed E-state index contributed by atoms with van der Waals surface area (Å²) in [5.41, 5.74) is -0.0105. The summed E-state index contributed by atoms with van der Waals surface area (Å²) < 4.78 is 27.0. The normalized spacial score (nSPS) is 20.5. The highest BCUT2D eigenvalue weighted by molar-refractivity contribution is 6.30. The van der Waals surface area contributed by atoms with Gasteiger partial charge in [0.15, 0.2) is 11.6 Å². The standard InChI is InChI=1S/C12H14ClF2NO/c13-9-5-10(14)12(17)8(11(9)15)4-7-2-1-3-16-6-7/h5,7,16-17H,1-4,6H2. The summed E-state index contributed by atoms with van der Waals surface area (Å²) in [4.78, 5) is 0. The van der Waals surface area contributed by atoms with Crippen LogP contribution in [0.15, 0.2) is 6.07 Å². The Morgan fingerprint density at radius 3 is 2.88 bits per heavy atom. The number of phenolic OH excluding ortho intramolecular Hbond substituents is 1. The molecule has 1 aromatic carbocycles. The Bertz CT molecular complexity index is 393. The third kappa shape index (κ3) is 2.69. The summed E-state index contributed by atoms with van der Waals surface area (Å²) in [6, 6.07) is 0.800. The molecule has 1 atom stereocenters. The van der Waals surface area contributed by atoms with E-state index in [0.717, 1.165) is 32.0 Å². The first-order valence-electron chi connectivity index (χ1n) is 5.65. The van der Waals surface area contributed by atoms with E-state index in [-0.39, 0.29) is 16.5 Å². The van der Waals surface area contributed by atoms with Crippen LogP contribution in [0.5, 0.6) is 5.75 Å². The van der Waals surface area contributed by atoms with Gasteiger partial charge in [-0.1, -0.05) is 11.6 Å². The van der Waals surface area contributed by atoms with E-state index in [4.69, 9.17) is 11.6 Å². The van der Waals surface area contributed by atoms with Gasteiger partial charge in [-0.3, -0.25) is 0 Å². The molecule has 1 saturated heterocycles. The predicted molar refractivity (Wildman–Crippen MR) is 62.3 cm³/mol. The van der Waals surface area contributed by atoms with E-state index < -0.39 is 17.4 Å². The van der Waals surface area contributed by atoms with Crippen molar-refractivity contribution < 1.29 is 13.9 Å². The molecule has 0 radical (unpaired) electrons. The molecule has 1 unspecified atom stereocenters. The third-order valence-corrected chi connectivity index (χ3v) is 3.41. The molecule has 0 bridgehead atoms. The lowest BCUT2D eigenvalue weighted by atomic mass is 9.91. The second-order valence-corrected chi connectivity index (χ2v) is 4.81. The van der Waals surface area contributed by atoms with Crippen LogP contribution in [0.2, 0.25) is 5.02 Å². The van der Waals surface area contributed by atoms with Crippen molar-refractivity contribution in [2.24, 2.45) is 5.92 Å². The Hall–Kier alpha value is -0.870. The number of hydrogen-bond acceptors (Lipinski definition) is 2. The molecule has 1 heterocycles. The Labute approximate surface area is 104 Å². The summed E-state index contributed by atoms with van der Waals surface area (Å²) >= 11 is 5.57. The van der Waals surface area contributed by atoms with Crippen LogP contribution in [0, 0.1) is 17.6 Å². The molecule has 0 spiro atoms. The van der Waals surface area contributed by atoms with E-state index in [1.165, 1.54) is 0 Å². The van der Waals surface area contributed by atoms with Gasteiger partial charge in [-0.05, 0) is 44.3 Å². The summed E-state index contributed by atoms with van der Waals surface area (Å²) in [6.07, 6.45) is 2.26. The van der Waals surface area contributed by atoms with E-state index in [0.29, 0.717) is 6.42 Å². The fraction of sp³-hybridized carbons (Fsp3) is 0.500. The zero-order valence-corrected chi connectivity index (χ0v) is 10.0. The number of phenols is 1. The molecule has 17 heavy (non-hydrogen) atoms. The van der Waals surface area contributed by atoms with Crippen LogP contribution in [-0.2, 0) is 6.42 Å². The quantitative estimate of drug-likeness (QED) is 0.803. The van der Waals surface area contributed by atoms with E-state index in [9.17, 15) is 13.9 Å². The summed E-state index contributed by atoms with van der Waals surface area (Å²) in [5, 5.41) is 12.5. The summed E-state index contributed by atoms with van der Waals surface area (Å²) in [6.45, 7) is 1.71. The Morgan fingerprint density at radius 2 is 2.24 bits per heavy atom. The SMILES string of the molecule is Oc1c(F)cc(Cl)c(F)c1CC1CCCNC1. The molecule has 1 fully saturated rings. The second kappa shape index (κ2) is 5.19. The number of hydrogen-bond donors (Lipinski definition) is 2. The highest BCUT2D eigenvalue weighted by Gasteiger charge is 2.22. The van der Waals surface area contributed by atoms with Gasteiger partial charge in [0.25, 0.3) is 0 Å². The Balaban J connectivity index is 2.24. The maximum absolute atomic E-state index is 13.7. The summed E-state index contributed by atoms with van der Waals surface area (Å²) in [5.74, 6) is -1.98. The van der Waals surface area contributed by atoms with Gasteiger partial charge in [0.1, 0.15) is 5.82 Å². The molecular formula is C12H14ClF2NO. The number of benzene rings is 1. The van der Waals surface area contributed by atoms with E-state index in [1.54, 1.807) is 0 Å². The van der Waals surface area contributed by atoms with Crippen LogP contribution >= 0.6 is 11.6 Å². The number of piperidine rings is 1. The highest BCUT2D eigenvalue weighted by Crippen LogP contribution is 2.32. The maximum atomic E-state index is 13.7.